The molecule has 4 heterocycles. The fourth-order valence-electron chi connectivity index (χ4n) is 5.07. The van der Waals surface area contributed by atoms with Crippen molar-refractivity contribution in [3.63, 3.8) is 0 Å². The number of hydrogen-bond donors (Lipinski definition) is 1. The van der Waals surface area contributed by atoms with Crippen LogP contribution in [0.1, 0.15) is 29.2 Å². The molecule has 5 rings (SSSR count). The van der Waals surface area contributed by atoms with E-state index in [2.05, 4.69) is 25.8 Å². The van der Waals surface area contributed by atoms with Gasteiger partial charge in [-0.2, -0.15) is 0 Å². The second kappa shape index (κ2) is 8.15. The molecule has 3 aromatic rings. The van der Waals surface area contributed by atoms with Gasteiger partial charge in [0.05, 0.1) is 6.20 Å². The van der Waals surface area contributed by atoms with E-state index in [-0.39, 0.29) is 11.3 Å². The minimum atomic E-state index is 0.128. The van der Waals surface area contributed by atoms with Crippen molar-refractivity contribution in [2.45, 2.75) is 32.0 Å². The number of aromatic nitrogens is 3. The molecule has 1 fully saturated rings. The standard InChI is InChI=1S/C24H27N5O2/c1-27(12-17-3-2-4-21(30)10-17)15-19-5-6-22-20-9-18(14-29(22)24(19)31)13-28(16-20)23-11-25-7-8-26-23/h2-8,10-11,18,20,30H,9,12-16H2,1H3/t18-,20+/m0/s1. The molecule has 7 heteroatoms. The third-order valence-electron chi connectivity index (χ3n) is 6.36. The van der Waals surface area contributed by atoms with E-state index in [1.165, 1.54) is 0 Å². The summed E-state index contributed by atoms with van der Waals surface area (Å²) in [7, 11) is 2.00. The highest BCUT2D eigenvalue weighted by Crippen LogP contribution is 2.36. The molecule has 0 radical (unpaired) electrons. The summed E-state index contributed by atoms with van der Waals surface area (Å²) in [5.41, 5.74) is 3.11. The molecule has 1 saturated heterocycles. The van der Waals surface area contributed by atoms with Crippen molar-refractivity contribution in [1.29, 1.82) is 0 Å². The van der Waals surface area contributed by atoms with Gasteiger partial charge in [0.1, 0.15) is 11.6 Å². The average Bonchev–Trinajstić information content (AvgIpc) is 2.76. The van der Waals surface area contributed by atoms with Gasteiger partial charge in [0.2, 0.25) is 0 Å². The maximum absolute atomic E-state index is 13.3. The third kappa shape index (κ3) is 4.05. The van der Waals surface area contributed by atoms with Gasteiger partial charge < -0.3 is 14.6 Å². The summed E-state index contributed by atoms with van der Waals surface area (Å²) in [5, 5.41) is 9.68. The molecule has 2 atom stereocenters. The Morgan fingerprint density at radius 1 is 1.13 bits per heavy atom. The van der Waals surface area contributed by atoms with E-state index < -0.39 is 0 Å². The number of benzene rings is 1. The molecule has 2 aromatic heterocycles. The summed E-state index contributed by atoms with van der Waals surface area (Å²) in [6, 6.07) is 11.4. The van der Waals surface area contributed by atoms with Crippen LogP contribution in [0.3, 0.4) is 0 Å². The average molecular weight is 418 g/mol. The second-order valence-electron chi connectivity index (χ2n) is 8.81. The van der Waals surface area contributed by atoms with Crippen molar-refractivity contribution in [3.8, 4) is 5.75 Å². The zero-order valence-corrected chi connectivity index (χ0v) is 17.7. The number of aromatic hydroxyl groups is 1. The number of pyridine rings is 1. The van der Waals surface area contributed by atoms with Crippen molar-refractivity contribution in [3.05, 3.63) is 82.2 Å². The molecule has 160 valence electrons. The van der Waals surface area contributed by atoms with Gasteiger partial charge >= 0.3 is 0 Å². The van der Waals surface area contributed by atoms with E-state index in [0.717, 1.165) is 48.7 Å². The number of nitrogens with zero attached hydrogens (tertiary/aromatic N) is 5. The van der Waals surface area contributed by atoms with E-state index in [4.69, 9.17) is 0 Å². The summed E-state index contributed by atoms with van der Waals surface area (Å²) in [6.07, 6.45) is 6.37. The largest absolute Gasteiger partial charge is 0.508 e. The Hall–Kier alpha value is -3.19. The molecule has 0 saturated carbocycles. The molecule has 0 amide bonds. The number of phenols is 1. The minimum absolute atomic E-state index is 0.128. The molecule has 2 aliphatic rings. The lowest BCUT2D eigenvalue weighted by atomic mass is 9.83. The van der Waals surface area contributed by atoms with Gasteiger partial charge in [-0.05, 0) is 43.1 Å². The first-order chi connectivity index (χ1) is 15.1. The Kier molecular flexibility index (Phi) is 5.19. The van der Waals surface area contributed by atoms with Crippen molar-refractivity contribution >= 4 is 5.82 Å². The SMILES string of the molecule is CN(Cc1cccc(O)c1)Cc1ccc2n(c1=O)C[C@H]1C[C@@H]2CN(c2cnccn2)C1. The van der Waals surface area contributed by atoms with Gasteiger partial charge in [-0.15, -0.1) is 0 Å². The van der Waals surface area contributed by atoms with Gasteiger partial charge in [0.15, 0.2) is 0 Å². The van der Waals surface area contributed by atoms with Crippen LogP contribution >= 0.6 is 0 Å². The van der Waals surface area contributed by atoms with Crippen LogP contribution in [0.4, 0.5) is 5.82 Å². The predicted molar refractivity (Wildman–Crippen MR) is 119 cm³/mol. The predicted octanol–water partition coefficient (Wildman–Crippen LogP) is 2.60. The zero-order valence-electron chi connectivity index (χ0n) is 17.7. The fraction of sp³-hybridized carbons (Fsp3) is 0.375. The first kappa shape index (κ1) is 19.8. The van der Waals surface area contributed by atoms with Crippen LogP contribution in [-0.4, -0.2) is 44.7 Å². The Morgan fingerprint density at radius 2 is 2.03 bits per heavy atom. The number of anilines is 1. The molecule has 0 aliphatic carbocycles. The third-order valence-corrected chi connectivity index (χ3v) is 6.36. The van der Waals surface area contributed by atoms with Crippen LogP contribution in [0.5, 0.6) is 5.75 Å². The molecule has 2 bridgehead atoms. The summed E-state index contributed by atoms with van der Waals surface area (Å²) < 4.78 is 2.00. The van der Waals surface area contributed by atoms with Crippen LogP contribution in [-0.2, 0) is 19.6 Å². The van der Waals surface area contributed by atoms with Crippen LogP contribution in [0.25, 0.3) is 0 Å². The molecule has 31 heavy (non-hydrogen) atoms. The van der Waals surface area contributed by atoms with Gasteiger partial charge in [-0.3, -0.25) is 14.7 Å². The smallest absolute Gasteiger partial charge is 0.255 e. The first-order valence-electron chi connectivity index (χ1n) is 10.8. The molecule has 0 spiro atoms. The summed E-state index contributed by atoms with van der Waals surface area (Å²) in [6.45, 7) is 3.78. The topological polar surface area (TPSA) is 74.5 Å². The van der Waals surface area contributed by atoms with Crippen molar-refractivity contribution in [2.24, 2.45) is 5.92 Å². The Bertz CT molecular complexity index is 1130. The second-order valence-corrected chi connectivity index (χ2v) is 8.81. The molecule has 7 nitrogen and oxygen atoms in total. The lowest BCUT2D eigenvalue weighted by Crippen LogP contribution is -2.48. The van der Waals surface area contributed by atoms with Crippen LogP contribution < -0.4 is 10.5 Å². The van der Waals surface area contributed by atoms with E-state index >= 15 is 0 Å². The lowest BCUT2D eigenvalue weighted by molar-refractivity contribution is 0.276. The molecule has 0 unspecified atom stereocenters. The Labute approximate surface area is 181 Å². The van der Waals surface area contributed by atoms with Crippen molar-refractivity contribution < 1.29 is 5.11 Å². The number of phenolic OH excluding ortho intramolecular Hbond substituents is 1. The first-order valence-corrected chi connectivity index (χ1v) is 10.8. The monoisotopic (exact) mass is 417 g/mol. The number of rotatable bonds is 5. The van der Waals surface area contributed by atoms with Gasteiger partial charge in [-0.25, -0.2) is 4.98 Å². The molecular weight excluding hydrogens is 390 g/mol. The van der Waals surface area contributed by atoms with Crippen LogP contribution in [0.15, 0.2) is 59.8 Å². The maximum atomic E-state index is 13.3. The fourth-order valence-corrected chi connectivity index (χ4v) is 5.07. The minimum Gasteiger partial charge on any atom is -0.508 e. The highest BCUT2D eigenvalue weighted by Gasteiger charge is 2.35. The van der Waals surface area contributed by atoms with Crippen LogP contribution in [0, 0.1) is 5.92 Å². The molecule has 1 aromatic carbocycles. The molecule has 1 N–H and O–H groups in total. The summed E-state index contributed by atoms with van der Waals surface area (Å²) in [4.78, 5) is 26.4. The maximum Gasteiger partial charge on any atom is 0.255 e. The van der Waals surface area contributed by atoms with E-state index in [9.17, 15) is 9.90 Å². The van der Waals surface area contributed by atoms with Crippen LogP contribution in [0.2, 0.25) is 0 Å². The number of piperidine rings is 1. The van der Waals surface area contributed by atoms with E-state index in [1.54, 1.807) is 24.5 Å². The Balaban J connectivity index is 1.34. The zero-order chi connectivity index (χ0) is 21.4. The molecule has 2 aliphatic heterocycles. The van der Waals surface area contributed by atoms with Gasteiger partial charge in [-0.1, -0.05) is 18.2 Å². The number of hydrogen-bond acceptors (Lipinski definition) is 6. The highest BCUT2D eigenvalue weighted by atomic mass is 16.3. The lowest BCUT2D eigenvalue weighted by Gasteiger charge is -2.43. The quantitative estimate of drug-likeness (QED) is 0.688. The summed E-state index contributed by atoms with van der Waals surface area (Å²) in [5.74, 6) is 1.95. The van der Waals surface area contributed by atoms with E-state index in [0.29, 0.717) is 24.9 Å². The van der Waals surface area contributed by atoms with Crippen molar-refractivity contribution in [1.82, 2.24) is 19.4 Å². The van der Waals surface area contributed by atoms with Crippen molar-refractivity contribution in [2.75, 3.05) is 25.0 Å². The molecular formula is C24H27N5O2. The highest BCUT2D eigenvalue weighted by molar-refractivity contribution is 5.38. The normalized spacial score (nSPS) is 20.0. The van der Waals surface area contributed by atoms with Gasteiger partial charge in [0, 0.05) is 62.3 Å². The summed E-state index contributed by atoms with van der Waals surface area (Å²) >= 11 is 0. The van der Waals surface area contributed by atoms with Gasteiger partial charge in [0.25, 0.3) is 5.56 Å². The van der Waals surface area contributed by atoms with E-state index in [1.807, 2.05) is 36.0 Å². The number of fused-ring (bicyclic) bond motifs is 4. The Morgan fingerprint density at radius 3 is 2.84 bits per heavy atom.